The van der Waals surface area contributed by atoms with Gasteiger partial charge in [-0.2, -0.15) is 0 Å². The second-order valence-corrected chi connectivity index (χ2v) is 6.84. The molecule has 156 valence electrons. The van der Waals surface area contributed by atoms with Crippen LogP contribution < -0.4 is 14.4 Å². The van der Waals surface area contributed by atoms with Gasteiger partial charge in [-0.25, -0.2) is 0 Å². The van der Waals surface area contributed by atoms with Crippen LogP contribution in [0.1, 0.15) is 36.7 Å². The molecule has 0 aromatic heterocycles. The van der Waals surface area contributed by atoms with Gasteiger partial charge < -0.3 is 19.3 Å². The monoisotopic (exact) mass is 397 g/mol. The van der Waals surface area contributed by atoms with Crippen LogP contribution in [-0.4, -0.2) is 57.9 Å². The lowest BCUT2D eigenvalue weighted by Gasteiger charge is -2.21. The molecule has 0 heterocycles. The molecule has 0 radical (unpaired) electrons. The largest absolute Gasteiger partial charge is 0.493 e. The summed E-state index contributed by atoms with van der Waals surface area (Å²) >= 11 is 0. The highest BCUT2D eigenvalue weighted by Crippen LogP contribution is 2.36. The second kappa shape index (κ2) is 9.96. The zero-order chi connectivity index (χ0) is 21.6. The highest BCUT2D eigenvalue weighted by atomic mass is 16.5. The molecule has 6 nitrogen and oxygen atoms in total. The molecular formula is C23H31N3O3. The fourth-order valence-electron chi connectivity index (χ4n) is 3.06. The number of methoxy groups -OCH3 is 2. The van der Waals surface area contributed by atoms with Gasteiger partial charge in [0.05, 0.1) is 25.5 Å². The summed E-state index contributed by atoms with van der Waals surface area (Å²) in [4.78, 5) is 21.7. The van der Waals surface area contributed by atoms with Crippen molar-refractivity contribution in [2.75, 3.05) is 46.3 Å². The van der Waals surface area contributed by atoms with E-state index in [1.54, 1.807) is 31.3 Å². The Morgan fingerprint density at radius 3 is 2.00 bits per heavy atom. The lowest BCUT2D eigenvalue weighted by Crippen LogP contribution is -2.30. The van der Waals surface area contributed by atoms with E-state index < -0.39 is 0 Å². The summed E-state index contributed by atoms with van der Waals surface area (Å²) in [5.74, 6) is 0.971. The van der Waals surface area contributed by atoms with Gasteiger partial charge in [0.25, 0.3) is 5.91 Å². The van der Waals surface area contributed by atoms with Gasteiger partial charge in [0.1, 0.15) is 0 Å². The molecule has 0 aliphatic carbocycles. The van der Waals surface area contributed by atoms with Crippen molar-refractivity contribution in [3.8, 4) is 11.5 Å². The number of carbonyl (C=O) groups excluding carboxylic acids is 1. The van der Waals surface area contributed by atoms with E-state index in [0.29, 0.717) is 35.8 Å². The van der Waals surface area contributed by atoms with Crippen LogP contribution in [0.5, 0.6) is 11.5 Å². The number of amides is 1. The summed E-state index contributed by atoms with van der Waals surface area (Å²) in [5, 5.41) is 0. The first-order chi connectivity index (χ1) is 13.9. The molecule has 0 fully saturated rings. The first kappa shape index (κ1) is 22.3. The molecular weight excluding hydrogens is 366 g/mol. The fraction of sp³-hybridized carbons (Fsp3) is 0.391. The van der Waals surface area contributed by atoms with E-state index in [1.165, 1.54) is 0 Å². The molecule has 2 aromatic rings. The molecule has 2 aromatic carbocycles. The lowest BCUT2D eigenvalue weighted by atomic mass is 10.1. The van der Waals surface area contributed by atoms with Crippen molar-refractivity contribution < 1.29 is 14.3 Å². The Labute approximate surface area is 173 Å². The number of carbonyl (C=O) groups is 1. The summed E-state index contributed by atoms with van der Waals surface area (Å²) in [5.41, 5.74) is 3.98. The van der Waals surface area contributed by atoms with E-state index in [2.05, 4.69) is 0 Å². The van der Waals surface area contributed by atoms with E-state index in [0.717, 1.165) is 17.0 Å². The van der Waals surface area contributed by atoms with Gasteiger partial charge in [0.15, 0.2) is 11.5 Å². The second-order valence-electron chi connectivity index (χ2n) is 6.84. The van der Waals surface area contributed by atoms with Crippen molar-refractivity contribution >= 4 is 23.0 Å². The smallest absolute Gasteiger partial charge is 0.256 e. The third kappa shape index (κ3) is 5.08. The van der Waals surface area contributed by atoms with Crippen molar-refractivity contribution in [3.05, 3.63) is 47.5 Å². The molecule has 2 rings (SSSR count). The lowest BCUT2D eigenvalue weighted by molar-refractivity contribution is 0.0773. The van der Waals surface area contributed by atoms with Crippen molar-refractivity contribution in [2.24, 2.45) is 4.99 Å². The minimum atomic E-state index is -0.0783. The summed E-state index contributed by atoms with van der Waals surface area (Å²) in [6.07, 6.45) is 0. The number of aliphatic imine (C=N–C) groups is 1. The summed E-state index contributed by atoms with van der Waals surface area (Å²) in [6.45, 7) is 7.11. The summed E-state index contributed by atoms with van der Waals surface area (Å²) in [7, 11) is 7.14. The zero-order valence-electron chi connectivity index (χ0n) is 18.4. The average molecular weight is 398 g/mol. The molecule has 0 saturated carbocycles. The Morgan fingerprint density at radius 1 is 0.966 bits per heavy atom. The van der Waals surface area contributed by atoms with Crippen molar-refractivity contribution in [1.82, 2.24) is 4.90 Å². The summed E-state index contributed by atoms with van der Waals surface area (Å²) < 4.78 is 10.8. The predicted octanol–water partition coefficient (Wildman–Crippen LogP) is 4.39. The molecule has 0 spiro atoms. The predicted molar refractivity (Wildman–Crippen MR) is 119 cm³/mol. The van der Waals surface area contributed by atoms with Gasteiger partial charge >= 0.3 is 0 Å². The van der Waals surface area contributed by atoms with Crippen LogP contribution in [0.4, 0.5) is 11.4 Å². The van der Waals surface area contributed by atoms with Crippen LogP contribution in [0.2, 0.25) is 0 Å². The molecule has 0 aliphatic heterocycles. The average Bonchev–Trinajstić information content (AvgIpc) is 2.74. The number of ether oxygens (including phenoxy) is 2. The molecule has 0 atom stereocenters. The van der Waals surface area contributed by atoms with Gasteiger partial charge in [-0.15, -0.1) is 0 Å². The fourth-order valence-corrected chi connectivity index (χ4v) is 3.06. The third-order valence-corrected chi connectivity index (χ3v) is 4.87. The van der Waals surface area contributed by atoms with Crippen LogP contribution in [0.25, 0.3) is 0 Å². The van der Waals surface area contributed by atoms with Crippen LogP contribution >= 0.6 is 0 Å². The maximum atomic E-state index is 13.1. The normalized spacial score (nSPS) is 11.2. The topological polar surface area (TPSA) is 54.4 Å². The number of hydrogen-bond acceptors (Lipinski definition) is 5. The van der Waals surface area contributed by atoms with Crippen LogP contribution in [0.3, 0.4) is 0 Å². The van der Waals surface area contributed by atoms with Crippen LogP contribution in [-0.2, 0) is 0 Å². The van der Waals surface area contributed by atoms with Crippen LogP contribution in [0.15, 0.2) is 41.4 Å². The minimum absolute atomic E-state index is 0.0783. The molecule has 1 amide bonds. The maximum absolute atomic E-state index is 13.1. The molecule has 29 heavy (non-hydrogen) atoms. The molecule has 0 aliphatic rings. The third-order valence-electron chi connectivity index (χ3n) is 4.87. The molecule has 0 N–H and O–H groups in total. The standard InChI is InChI=1S/C23H31N3O3/c1-8-26(9-2)23(27)19-14-21(28-6)22(29-7)15-20(19)24-16(3)17-10-12-18(13-11-17)25(4)5/h10-15H,8-9H2,1-7H3. The molecule has 0 unspecified atom stereocenters. The van der Waals surface area contributed by atoms with Gasteiger partial charge in [0, 0.05) is 44.7 Å². The minimum Gasteiger partial charge on any atom is -0.493 e. The van der Waals surface area contributed by atoms with Crippen molar-refractivity contribution in [2.45, 2.75) is 20.8 Å². The SMILES string of the molecule is CCN(CC)C(=O)c1cc(OC)c(OC)cc1N=C(C)c1ccc(N(C)C)cc1. The van der Waals surface area contributed by atoms with Crippen LogP contribution in [0, 0.1) is 0 Å². The number of rotatable bonds is 8. The van der Waals surface area contributed by atoms with E-state index >= 15 is 0 Å². The Bertz CT molecular complexity index is 870. The number of benzene rings is 2. The van der Waals surface area contributed by atoms with E-state index in [4.69, 9.17) is 14.5 Å². The number of hydrogen-bond donors (Lipinski definition) is 0. The highest BCUT2D eigenvalue weighted by Gasteiger charge is 2.20. The molecule has 0 bridgehead atoms. The quantitative estimate of drug-likeness (QED) is 0.620. The Balaban J connectivity index is 2.56. The Morgan fingerprint density at radius 2 is 1.52 bits per heavy atom. The Hall–Kier alpha value is -3.02. The highest BCUT2D eigenvalue weighted by molar-refractivity contribution is 6.04. The first-order valence-corrected chi connectivity index (χ1v) is 9.74. The number of nitrogens with zero attached hydrogens (tertiary/aromatic N) is 3. The van der Waals surface area contributed by atoms with E-state index in [1.807, 2.05) is 64.0 Å². The molecule has 0 saturated heterocycles. The van der Waals surface area contributed by atoms with E-state index in [9.17, 15) is 4.79 Å². The van der Waals surface area contributed by atoms with Gasteiger partial charge in [-0.1, -0.05) is 12.1 Å². The van der Waals surface area contributed by atoms with Crippen molar-refractivity contribution in [3.63, 3.8) is 0 Å². The Kier molecular flexibility index (Phi) is 7.65. The zero-order valence-corrected chi connectivity index (χ0v) is 18.4. The summed E-state index contributed by atoms with van der Waals surface area (Å²) in [6, 6.07) is 11.6. The van der Waals surface area contributed by atoms with E-state index in [-0.39, 0.29) is 5.91 Å². The first-order valence-electron chi connectivity index (χ1n) is 9.74. The van der Waals surface area contributed by atoms with Crippen molar-refractivity contribution in [1.29, 1.82) is 0 Å². The molecule has 6 heteroatoms. The van der Waals surface area contributed by atoms with Gasteiger partial charge in [-0.3, -0.25) is 9.79 Å². The maximum Gasteiger partial charge on any atom is 0.256 e. The van der Waals surface area contributed by atoms with Gasteiger partial charge in [-0.05, 0) is 44.5 Å². The van der Waals surface area contributed by atoms with Gasteiger partial charge in [0.2, 0.25) is 0 Å². The number of anilines is 1.